The molecule has 1 aromatic heterocycles. The Morgan fingerprint density at radius 1 is 1.06 bits per heavy atom. The van der Waals surface area contributed by atoms with Crippen LogP contribution in [-0.2, 0) is 13.0 Å². The molecular formula is C25H24N4O3. The fraction of sp³-hybridized carbons (Fsp3) is 0.200. The average Bonchev–Trinajstić information content (AvgIpc) is 2.79. The summed E-state index contributed by atoms with van der Waals surface area (Å²) >= 11 is 0. The van der Waals surface area contributed by atoms with Crippen LogP contribution in [0.25, 0.3) is 0 Å². The minimum absolute atomic E-state index is 0.219. The molecule has 7 heteroatoms. The Labute approximate surface area is 187 Å². The zero-order valence-electron chi connectivity index (χ0n) is 18.3. The van der Waals surface area contributed by atoms with Gasteiger partial charge in [-0.1, -0.05) is 30.3 Å². The smallest absolute Gasteiger partial charge is 0.271 e. The van der Waals surface area contributed by atoms with Crippen molar-refractivity contribution < 1.29 is 14.3 Å². The van der Waals surface area contributed by atoms with Crippen LogP contribution in [-0.4, -0.2) is 35.8 Å². The standard InChI is InChI=1S/C25H24N4O3/c1-17-21(12-13-23(27-17)25(31)29(2)3)24(30)28-22-7-5-4-6-19(22)16-32-20-10-8-18(9-11-20)14-15-26/h4-13H,14,16H2,1-3H3,(H,28,30). The van der Waals surface area contributed by atoms with E-state index < -0.39 is 0 Å². The first-order chi connectivity index (χ1) is 15.4. The van der Waals surface area contributed by atoms with E-state index in [1.165, 1.54) is 4.90 Å². The van der Waals surface area contributed by atoms with Crippen LogP contribution in [0.15, 0.2) is 60.7 Å². The third kappa shape index (κ3) is 5.49. The molecule has 0 bridgehead atoms. The van der Waals surface area contributed by atoms with Gasteiger partial charge in [0.2, 0.25) is 0 Å². The molecule has 2 aromatic carbocycles. The average molecular weight is 428 g/mol. The summed E-state index contributed by atoms with van der Waals surface area (Å²) in [6, 6.07) is 20.0. The van der Waals surface area contributed by atoms with Crippen LogP contribution in [0.5, 0.6) is 5.75 Å². The van der Waals surface area contributed by atoms with E-state index in [1.807, 2.05) is 42.5 Å². The highest BCUT2D eigenvalue weighted by atomic mass is 16.5. The number of benzene rings is 2. The first kappa shape index (κ1) is 22.5. The van der Waals surface area contributed by atoms with Crippen molar-refractivity contribution >= 4 is 17.5 Å². The topological polar surface area (TPSA) is 95.3 Å². The van der Waals surface area contributed by atoms with Crippen molar-refractivity contribution in [2.75, 3.05) is 19.4 Å². The van der Waals surface area contributed by atoms with Gasteiger partial charge in [0, 0.05) is 25.3 Å². The minimum atomic E-state index is -0.313. The molecule has 3 aromatic rings. The normalized spacial score (nSPS) is 10.2. The van der Waals surface area contributed by atoms with Crippen LogP contribution in [0.1, 0.15) is 37.7 Å². The quantitative estimate of drug-likeness (QED) is 0.614. The predicted molar refractivity (Wildman–Crippen MR) is 121 cm³/mol. The number of nitriles is 1. The van der Waals surface area contributed by atoms with E-state index in [1.54, 1.807) is 39.2 Å². The largest absolute Gasteiger partial charge is 0.489 e. The number of hydrogen-bond donors (Lipinski definition) is 1. The Bertz CT molecular complexity index is 1160. The van der Waals surface area contributed by atoms with Crippen molar-refractivity contribution in [2.24, 2.45) is 0 Å². The number of amides is 2. The van der Waals surface area contributed by atoms with E-state index in [0.29, 0.717) is 34.8 Å². The number of carbonyl (C=O) groups excluding carboxylic acids is 2. The number of anilines is 1. The Morgan fingerprint density at radius 2 is 1.78 bits per heavy atom. The molecule has 0 atom stereocenters. The van der Waals surface area contributed by atoms with Crippen molar-refractivity contribution in [3.8, 4) is 11.8 Å². The Balaban J connectivity index is 1.71. The highest BCUT2D eigenvalue weighted by Gasteiger charge is 2.16. The van der Waals surface area contributed by atoms with Gasteiger partial charge < -0.3 is 15.0 Å². The van der Waals surface area contributed by atoms with Crippen LogP contribution in [0.2, 0.25) is 0 Å². The molecule has 0 fully saturated rings. The molecule has 162 valence electrons. The molecule has 0 saturated heterocycles. The van der Waals surface area contributed by atoms with Gasteiger partial charge in [-0.25, -0.2) is 4.98 Å². The van der Waals surface area contributed by atoms with Crippen molar-refractivity contribution in [1.82, 2.24) is 9.88 Å². The monoisotopic (exact) mass is 428 g/mol. The van der Waals surface area contributed by atoms with Gasteiger partial charge in [-0.2, -0.15) is 5.26 Å². The number of nitrogens with zero attached hydrogens (tertiary/aromatic N) is 3. The van der Waals surface area contributed by atoms with Gasteiger partial charge in [-0.3, -0.25) is 9.59 Å². The molecular weight excluding hydrogens is 404 g/mol. The van der Waals surface area contributed by atoms with Gasteiger partial charge >= 0.3 is 0 Å². The second-order valence-electron chi connectivity index (χ2n) is 7.41. The minimum Gasteiger partial charge on any atom is -0.489 e. The molecule has 0 spiro atoms. The summed E-state index contributed by atoms with van der Waals surface area (Å²) in [5.41, 5.74) is 3.53. The predicted octanol–water partition coefficient (Wildman–Crippen LogP) is 3.99. The second-order valence-corrected chi connectivity index (χ2v) is 7.41. The molecule has 7 nitrogen and oxygen atoms in total. The molecule has 0 saturated carbocycles. The fourth-order valence-electron chi connectivity index (χ4n) is 3.06. The van der Waals surface area contributed by atoms with E-state index >= 15 is 0 Å². The lowest BCUT2D eigenvalue weighted by molar-refractivity contribution is 0.0821. The molecule has 0 unspecified atom stereocenters. The van der Waals surface area contributed by atoms with Gasteiger partial charge in [0.15, 0.2) is 0 Å². The molecule has 2 amide bonds. The lowest BCUT2D eigenvalue weighted by Gasteiger charge is -2.14. The van der Waals surface area contributed by atoms with E-state index in [9.17, 15) is 9.59 Å². The lowest BCUT2D eigenvalue weighted by atomic mass is 10.1. The van der Waals surface area contributed by atoms with Crippen molar-refractivity contribution in [2.45, 2.75) is 20.0 Å². The van der Waals surface area contributed by atoms with Crippen LogP contribution >= 0.6 is 0 Å². The van der Waals surface area contributed by atoms with Crippen molar-refractivity contribution in [3.63, 3.8) is 0 Å². The number of ether oxygens (including phenoxy) is 1. The lowest BCUT2D eigenvalue weighted by Crippen LogP contribution is -2.24. The Kier molecular flexibility index (Phi) is 7.19. The van der Waals surface area contributed by atoms with Gasteiger partial charge in [0.1, 0.15) is 18.1 Å². The second kappa shape index (κ2) is 10.2. The van der Waals surface area contributed by atoms with E-state index in [0.717, 1.165) is 11.1 Å². The van der Waals surface area contributed by atoms with Gasteiger partial charge in [-0.05, 0) is 42.8 Å². The maximum Gasteiger partial charge on any atom is 0.271 e. The highest BCUT2D eigenvalue weighted by molar-refractivity contribution is 6.05. The third-order valence-electron chi connectivity index (χ3n) is 4.82. The maximum absolute atomic E-state index is 12.9. The third-order valence-corrected chi connectivity index (χ3v) is 4.82. The summed E-state index contributed by atoms with van der Waals surface area (Å²) in [5.74, 6) is 0.143. The number of rotatable bonds is 7. The number of hydrogen-bond acceptors (Lipinski definition) is 5. The number of aromatic nitrogens is 1. The first-order valence-corrected chi connectivity index (χ1v) is 10.1. The summed E-state index contributed by atoms with van der Waals surface area (Å²) < 4.78 is 5.85. The summed E-state index contributed by atoms with van der Waals surface area (Å²) in [6.45, 7) is 1.97. The SMILES string of the molecule is Cc1nc(C(=O)N(C)C)ccc1C(=O)Nc1ccccc1COc1ccc(CC#N)cc1. The van der Waals surface area contributed by atoms with Crippen molar-refractivity contribution in [3.05, 3.63) is 88.7 Å². The zero-order valence-corrected chi connectivity index (χ0v) is 18.3. The number of pyridine rings is 1. The van der Waals surface area contributed by atoms with Crippen LogP contribution in [0, 0.1) is 18.3 Å². The molecule has 1 heterocycles. The Hall–Kier alpha value is -4.18. The number of nitrogens with one attached hydrogen (secondary N) is 1. The van der Waals surface area contributed by atoms with Gasteiger partial charge in [-0.15, -0.1) is 0 Å². The Morgan fingerprint density at radius 3 is 2.44 bits per heavy atom. The van der Waals surface area contributed by atoms with Gasteiger partial charge in [0.25, 0.3) is 11.8 Å². The number of para-hydroxylation sites is 1. The van der Waals surface area contributed by atoms with Gasteiger partial charge in [0.05, 0.1) is 23.7 Å². The van der Waals surface area contributed by atoms with E-state index in [-0.39, 0.29) is 18.4 Å². The van der Waals surface area contributed by atoms with E-state index in [2.05, 4.69) is 16.4 Å². The van der Waals surface area contributed by atoms with E-state index in [4.69, 9.17) is 10.00 Å². The van der Waals surface area contributed by atoms with Crippen molar-refractivity contribution in [1.29, 1.82) is 5.26 Å². The highest BCUT2D eigenvalue weighted by Crippen LogP contribution is 2.21. The molecule has 0 aliphatic carbocycles. The summed E-state index contributed by atoms with van der Waals surface area (Å²) in [7, 11) is 3.30. The van der Waals surface area contributed by atoms with Crippen LogP contribution < -0.4 is 10.1 Å². The maximum atomic E-state index is 12.9. The molecule has 0 radical (unpaired) electrons. The van der Waals surface area contributed by atoms with Crippen LogP contribution in [0.4, 0.5) is 5.69 Å². The summed E-state index contributed by atoms with van der Waals surface area (Å²) in [5, 5.41) is 11.7. The number of carbonyl (C=O) groups is 2. The summed E-state index contributed by atoms with van der Waals surface area (Å²) in [6.07, 6.45) is 0.355. The molecule has 0 aliphatic heterocycles. The molecule has 1 N–H and O–H groups in total. The molecule has 0 aliphatic rings. The fourth-order valence-corrected chi connectivity index (χ4v) is 3.06. The zero-order chi connectivity index (χ0) is 23.1. The first-order valence-electron chi connectivity index (χ1n) is 10.1. The number of aryl methyl sites for hydroxylation is 1. The molecule has 32 heavy (non-hydrogen) atoms. The summed E-state index contributed by atoms with van der Waals surface area (Å²) in [4.78, 5) is 30.7. The molecule has 3 rings (SSSR count). The van der Waals surface area contributed by atoms with Crippen LogP contribution in [0.3, 0.4) is 0 Å².